The number of hydrogen-bond donors (Lipinski definition) is 3. The van der Waals surface area contributed by atoms with Crippen LogP contribution in [0.2, 0.25) is 0 Å². The summed E-state index contributed by atoms with van der Waals surface area (Å²) in [6, 6.07) is 12.9. The van der Waals surface area contributed by atoms with Crippen LogP contribution in [0, 0.1) is 5.82 Å². The Balaban J connectivity index is 1.20. The van der Waals surface area contributed by atoms with Crippen LogP contribution in [0.1, 0.15) is 25.3 Å². The van der Waals surface area contributed by atoms with E-state index < -0.39 is 0 Å². The molecule has 218 valence electrons. The summed E-state index contributed by atoms with van der Waals surface area (Å²) in [7, 11) is 0. The molecule has 5 aromatic heterocycles. The van der Waals surface area contributed by atoms with E-state index >= 15 is 0 Å². The van der Waals surface area contributed by atoms with E-state index in [1.807, 2.05) is 36.7 Å². The Bertz CT molecular complexity index is 1890. The summed E-state index contributed by atoms with van der Waals surface area (Å²) >= 11 is 0. The molecule has 1 aromatic carbocycles. The molecule has 1 fully saturated rings. The van der Waals surface area contributed by atoms with Crippen LogP contribution in [0.3, 0.4) is 0 Å². The highest BCUT2D eigenvalue weighted by molar-refractivity contribution is 6.00. The van der Waals surface area contributed by atoms with Crippen molar-refractivity contribution in [3.63, 3.8) is 0 Å². The van der Waals surface area contributed by atoms with E-state index in [9.17, 15) is 4.39 Å². The monoisotopic (exact) mass is 576 g/mol. The minimum Gasteiger partial charge on any atom is -0.492 e. The molecule has 0 unspecified atom stereocenters. The SMILES string of the molecule is CCNCc1cncc(-c2cc3c(-c4cc5c(-c6cc(F)cc(OCCN7CCCC7)c6)ccnc5[nH]4)n[nH]c3cn2)c1. The molecule has 0 amide bonds. The topological polar surface area (TPSA) is 108 Å². The summed E-state index contributed by atoms with van der Waals surface area (Å²) in [5, 5.41) is 12.9. The summed E-state index contributed by atoms with van der Waals surface area (Å²) in [6.07, 6.45) is 9.68. The van der Waals surface area contributed by atoms with E-state index in [0.717, 1.165) is 88.3 Å². The van der Waals surface area contributed by atoms with Crippen LogP contribution in [0.15, 0.2) is 67.3 Å². The molecule has 1 saturated heterocycles. The minimum absolute atomic E-state index is 0.336. The quantitative estimate of drug-likeness (QED) is 0.185. The molecule has 0 radical (unpaired) electrons. The number of ether oxygens (including phenoxy) is 1. The van der Waals surface area contributed by atoms with Crippen molar-refractivity contribution in [2.75, 3.05) is 32.8 Å². The van der Waals surface area contributed by atoms with Gasteiger partial charge in [-0.3, -0.25) is 20.0 Å². The zero-order valence-corrected chi connectivity index (χ0v) is 24.0. The Morgan fingerprint density at radius 3 is 2.77 bits per heavy atom. The van der Waals surface area contributed by atoms with Gasteiger partial charge in [-0.2, -0.15) is 5.10 Å². The van der Waals surface area contributed by atoms with Gasteiger partial charge in [0.05, 0.1) is 23.1 Å². The van der Waals surface area contributed by atoms with E-state index in [2.05, 4.69) is 53.3 Å². The summed E-state index contributed by atoms with van der Waals surface area (Å²) < 4.78 is 20.7. The molecule has 0 atom stereocenters. The Hall–Kier alpha value is -4.67. The lowest BCUT2D eigenvalue weighted by atomic mass is 10.0. The van der Waals surface area contributed by atoms with Crippen LogP contribution in [-0.2, 0) is 6.54 Å². The largest absolute Gasteiger partial charge is 0.492 e. The predicted octanol–water partition coefficient (Wildman–Crippen LogP) is 5.95. The molecule has 1 aliphatic heterocycles. The number of nitrogens with zero attached hydrogens (tertiary/aromatic N) is 5. The smallest absolute Gasteiger partial charge is 0.138 e. The first-order valence-corrected chi connectivity index (χ1v) is 14.8. The number of rotatable bonds is 10. The lowest BCUT2D eigenvalue weighted by Gasteiger charge is -2.15. The van der Waals surface area contributed by atoms with Crippen molar-refractivity contribution >= 4 is 21.9 Å². The molecule has 6 aromatic rings. The zero-order valence-electron chi connectivity index (χ0n) is 24.0. The van der Waals surface area contributed by atoms with Crippen molar-refractivity contribution < 1.29 is 9.13 Å². The fraction of sp³-hybridized carbons (Fsp3) is 0.273. The first kappa shape index (κ1) is 27.2. The molecule has 10 heteroatoms. The number of H-pyrrole nitrogens is 2. The molecule has 9 nitrogen and oxygen atoms in total. The lowest BCUT2D eigenvalue weighted by molar-refractivity contribution is 0.237. The number of halogens is 1. The second-order valence-electron chi connectivity index (χ2n) is 10.9. The third-order valence-electron chi connectivity index (χ3n) is 7.96. The number of likely N-dealkylation sites (tertiary alicyclic amines) is 1. The van der Waals surface area contributed by atoms with Crippen LogP contribution in [0.5, 0.6) is 5.75 Å². The van der Waals surface area contributed by atoms with Crippen LogP contribution in [0.4, 0.5) is 4.39 Å². The number of fused-ring (bicyclic) bond motifs is 2. The Kier molecular flexibility index (Phi) is 7.53. The van der Waals surface area contributed by atoms with Gasteiger partial charge in [-0.1, -0.05) is 6.92 Å². The molecular formula is C33H33FN8O. The molecule has 3 N–H and O–H groups in total. The van der Waals surface area contributed by atoms with Crippen molar-refractivity contribution in [1.82, 2.24) is 40.3 Å². The van der Waals surface area contributed by atoms with Gasteiger partial charge in [0.1, 0.15) is 29.5 Å². The minimum atomic E-state index is -0.336. The number of nitrogens with one attached hydrogen (secondary N) is 3. The van der Waals surface area contributed by atoms with Gasteiger partial charge in [-0.05, 0) is 85.6 Å². The third-order valence-corrected chi connectivity index (χ3v) is 7.96. The number of aromatic nitrogens is 6. The fourth-order valence-electron chi connectivity index (χ4n) is 5.78. The maximum Gasteiger partial charge on any atom is 0.138 e. The standard InChI is InChI=1S/C33H33FN8O/c1-2-35-17-21-11-23(19-36-18-21)29-16-28-31(20-38-29)40-41-32(28)30-15-27-26(5-6-37-33(27)39-30)22-12-24(34)14-25(13-22)43-10-9-42-7-3-4-8-42/h5-6,11-16,18-20,35H,2-4,7-10,17H2,1H3,(H,37,39)(H,40,41). The Morgan fingerprint density at radius 1 is 0.977 bits per heavy atom. The Labute approximate surface area is 248 Å². The van der Waals surface area contributed by atoms with E-state index in [4.69, 9.17) is 4.74 Å². The third kappa shape index (κ3) is 5.71. The molecule has 0 spiro atoms. The van der Waals surface area contributed by atoms with Gasteiger partial charge in [-0.15, -0.1) is 0 Å². The van der Waals surface area contributed by atoms with Gasteiger partial charge in [0.15, 0.2) is 0 Å². The molecule has 43 heavy (non-hydrogen) atoms. The van der Waals surface area contributed by atoms with Crippen molar-refractivity contribution in [1.29, 1.82) is 0 Å². The van der Waals surface area contributed by atoms with Crippen molar-refractivity contribution in [2.45, 2.75) is 26.3 Å². The predicted molar refractivity (Wildman–Crippen MR) is 166 cm³/mol. The van der Waals surface area contributed by atoms with Crippen LogP contribution >= 0.6 is 0 Å². The Morgan fingerprint density at radius 2 is 1.88 bits per heavy atom. The number of benzene rings is 1. The molecule has 0 aliphatic carbocycles. The average molecular weight is 577 g/mol. The first-order valence-electron chi connectivity index (χ1n) is 14.8. The van der Waals surface area contributed by atoms with Crippen LogP contribution in [-0.4, -0.2) is 67.8 Å². The summed E-state index contributed by atoms with van der Waals surface area (Å²) in [5.41, 5.74) is 7.52. The highest BCUT2D eigenvalue weighted by Crippen LogP contribution is 2.35. The van der Waals surface area contributed by atoms with Crippen molar-refractivity contribution in [2.24, 2.45) is 0 Å². The van der Waals surface area contributed by atoms with E-state index in [0.29, 0.717) is 18.0 Å². The van der Waals surface area contributed by atoms with Gasteiger partial charge in [0.2, 0.25) is 0 Å². The average Bonchev–Trinajstić information content (AvgIpc) is 3.79. The van der Waals surface area contributed by atoms with Gasteiger partial charge in [-0.25, -0.2) is 9.37 Å². The molecule has 0 bridgehead atoms. The van der Waals surface area contributed by atoms with Crippen LogP contribution in [0.25, 0.3) is 55.7 Å². The summed E-state index contributed by atoms with van der Waals surface area (Å²) in [6.45, 7) is 7.30. The van der Waals surface area contributed by atoms with Gasteiger partial charge >= 0.3 is 0 Å². The van der Waals surface area contributed by atoms with E-state index in [1.54, 1.807) is 12.4 Å². The van der Waals surface area contributed by atoms with Crippen molar-refractivity contribution in [3.05, 3.63) is 78.6 Å². The first-order chi connectivity index (χ1) is 21.1. The zero-order chi connectivity index (χ0) is 29.2. The second-order valence-corrected chi connectivity index (χ2v) is 10.9. The van der Waals surface area contributed by atoms with Crippen LogP contribution < -0.4 is 10.1 Å². The number of aromatic amines is 2. The highest BCUT2D eigenvalue weighted by Gasteiger charge is 2.17. The van der Waals surface area contributed by atoms with Gasteiger partial charge in [0, 0.05) is 54.1 Å². The fourth-order valence-corrected chi connectivity index (χ4v) is 5.78. The van der Waals surface area contributed by atoms with E-state index in [1.165, 1.54) is 25.0 Å². The second kappa shape index (κ2) is 11.9. The molecule has 1 aliphatic rings. The normalized spacial score (nSPS) is 13.8. The number of hydrogen-bond acceptors (Lipinski definition) is 7. The van der Waals surface area contributed by atoms with E-state index in [-0.39, 0.29) is 5.82 Å². The molecular weight excluding hydrogens is 543 g/mol. The lowest BCUT2D eigenvalue weighted by Crippen LogP contribution is -2.25. The molecule has 6 heterocycles. The maximum absolute atomic E-state index is 14.8. The highest BCUT2D eigenvalue weighted by atomic mass is 19.1. The summed E-state index contributed by atoms with van der Waals surface area (Å²) in [5.74, 6) is 0.189. The summed E-state index contributed by atoms with van der Waals surface area (Å²) in [4.78, 5) is 19.4. The van der Waals surface area contributed by atoms with Gasteiger partial charge in [0.25, 0.3) is 0 Å². The van der Waals surface area contributed by atoms with Crippen molar-refractivity contribution in [3.8, 4) is 39.5 Å². The maximum atomic E-state index is 14.8. The van der Waals surface area contributed by atoms with Gasteiger partial charge < -0.3 is 15.0 Å². The molecule has 0 saturated carbocycles. The number of pyridine rings is 3. The molecule has 7 rings (SSSR count).